The van der Waals surface area contributed by atoms with Crippen molar-refractivity contribution in [2.24, 2.45) is 10.9 Å². The molecule has 1 aromatic heterocycles. The molecule has 5 heteroatoms. The van der Waals surface area contributed by atoms with Crippen LogP contribution in [0.15, 0.2) is 53.7 Å². The van der Waals surface area contributed by atoms with Crippen LogP contribution < -0.4 is 10.1 Å². The number of hydrogen-bond donors (Lipinski definition) is 1. The normalized spacial score (nSPS) is 17.4. The zero-order valence-electron chi connectivity index (χ0n) is 15.7. The van der Waals surface area contributed by atoms with Gasteiger partial charge in [0.2, 0.25) is 5.88 Å². The third-order valence-corrected chi connectivity index (χ3v) is 4.71. The molecule has 0 amide bonds. The van der Waals surface area contributed by atoms with Crippen LogP contribution in [0.2, 0.25) is 0 Å². The third-order valence-electron chi connectivity index (χ3n) is 4.71. The molecule has 1 fully saturated rings. The summed E-state index contributed by atoms with van der Waals surface area (Å²) in [5, 5.41) is 3.47. The Balaban J connectivity index is 1.52. The lowest BCUT2D eigenvalue weighted by Crippen LogP contribution is -2.39. The number of ether oxygens (including phenoxy) is 1. The van der Waals surface area contributed by atoms with E-state index >= 15 is 0 Å². The molecule has 2 heterocycles. The summed E-state index contributed by atoms with van der Waals surface area (Å²) in [4.78, 5) is 11.0. The number of guanidine groups is 1. The van der Waals surface area contributed by atoms with E-state index in [4.69, 9.17) is 4.74 Å². The molecule has 1 saturated heterocycles. The van der Waals surface area contributed by atoms with Crippen LogP contribution in [0.3, 0.4) is 0 Å². The first-order valence-electron chi connectivity index (χ1n) is 9.35. The largest absolute Gasteiger partial charge is 0.478 e. The fraction of sp³-hybridized carbons (Fsp3) is 0.429. The molecule has 0 aliphatic carbocycles. The lowest BCUT2D eigenvalue weighted by Gasteiger charge is -2.22. The van der Waals surface area contributed by atoms with Gasteiger partial charge in [0.25, 0.3) is 0 Å². The van der Waals surface area contributed by atoms with E-state index in [2.05, 4.69) is 50.5 Å². The van der Waals surface area contributed by atoms with E-state index in [0.29, 0.717) is 18.4 Å². The quantitative estimate of drug-likeness (QED) is 0.641. The topological polar surface area (TPSA) is 49.8 Å². The Hall–Kier alpha value is -2.56. The Morgan fingerprint density at radius 2 is 2.12 bits per heavy atom. The van der Waals surface area contributed by atoms with Crippen LogP contribution in [0, 0.1) is 5.92 Å². The summed E-state index contributed by atoms with van der Waals surface area (Å²) < 4.78 is 5.47. The zero-order chi connectivity index (χ0) is 18.2. The molecule has 0 radical (unpaired) electrons. The SMILES string of the molecule is CCOc1cc(CNC(=NC)N2CCC(Cc3ccccc3)C2)ccn1. The molecule has 1 atom stereocenters. The summed E-state index contributed by atoms with van der Waals surface area (Å²) in [7, 11) is 1.85. The smallest absolute Gasteiger partial charge is 0.213 e. The van der Waals surface area contributed by atoms with Gasteiger partial charge < -0.3 is 15.0 Å². The minimum Gasteiger partial charge on any atom is -0.478 e. The van der Waals surface area contributed by atoms with Crippen LogP contribution in [0.25, 0.3) is 0 Å². The summed E-state index contributed by atoms with van der Waals surface area (Å²) in [5.74, 6) is 2.32. The van der Waals surface area contributed by atoms with Gasteiger partial charge in [0.05, 0.1) is 6.61 Å². The molecule has 1 N–H and O–H groups in total. The molecule has 0 saturated carbocycles. The van der Waals surface area contributed by atoms with Crippen LogP contribution >= 0.6 is 0 Å². The Morgan fingerprint density at radius 3 is 2.88 bits per heavy atom. The molecule has 1 unspecified atom stereocenters. The molecule has 2 aromatic rings. The highest BCUT2D eigenvalue weighted by molar-refractivity contribution is 5.80. The first-order valence-corrected chi connectivity index (χ1v) is 9.35. The van der Waals surface area contributed by atoms with Gasteiger partial charge in [-0.15, -0.1) is 0 Å². The molecule has 138 valence electrons. The van der Waals surface area contributed by atoms with Crippen LogP contribution in [-0.2, 0) is 13.0 Å². The van der Waals surface area contributed by atoms with Crippen molar-refractivity contribution in [2.75, 3.05) is 26.7 Å². The second-order valence-electron chi connectivity index (χ2n) is 6.63. The summed E-state index contributed by atoms with van der Waals surface area (Å²) in [6.07, 6.45) is 4.13. The summed E-state index contributed by atoms with van der Waals surface area (Å²) >= 11 is 0. The van der Waals surface area contributed by atoms with Crippen molar-refractivity contribution >= 4 is 5.96 Å². The highest BCUT2D eigenvalue weighted by Crippen LogP contribution is 2.21. The van der Waals surface area contributed by atoms with E-state index < -0.39 is 0 Å². The molecule has 26 heavy (non-hydrogen) atoms. The van der Waals surface area contributed by atoms with E-state index in [0.717, 1.165) is 37.6 Å². The van der Waals surface area contributed by atoms with Crippen LogP contribution in [0.5, 0.6) is 5.88 Å². The molecule has 3 rings (SSSR count). The van der Waals surface area contributed by atoms with Gasteiger partial charge >= 0.3 is 0 Å². The Kier molecular flexibility index (Phi) is 6.47. The standard InChI is InChI=1S/C21H28N4O/c1-3-26-20-14-18(9-11-23-20)15-24-21(22-2)25-12-10-19(16-25)13-17-7-5-4-6-8-17/h4-9,11,14,19H,3,10,12-13,15-16H2,1-2H3,(H,22,24). The van der Waals surface area contributed by atoms with Crippen LogP contribution in [0.4, 0.5) is 0 Å². The second-order valence-corrected chi connectivity index (χ2v) is 6.63. The maximum absolute atomic E-state index is 5.47. The average molecular weight is 352 g/mol. The Bertz CT molecular complexity index is 717. The predicted molar refractivity (Wildman–Crippen MR) is 105 cm³/mol. The Labute approximate surface area is 156 Å². The van der Waals surface area contributed by atoms with Gasteiger partial charge in [0, 0.05) is 38.9 Å². The summed E-state index contributed by atoms with van der Waals surface area (Å²) in [6.45, 7) is 5.41. The summed E-state index contributed by atoms with van der Waals surface area (Å²) in [6, 6.07) is 14.7. The number of nitrogens with zero attached hydrogens (tertiary/aromatic N) is 3. The Morgan fingerprint density at radius 1 is 1.27 bits per heavy atom. The number of likely N-dealkylation sites (tertiary alicyclic amines) is 1. The van der Waals surface area contributed by atoms with Crippen molar-refractivity contribution in [3.63, 3.8) is 0 Å². The van der Waals surface area contributed by atoms with E-state index in [1.54, 1.807) is 6.20 Å². The maximum Gasteiger partial charge on any atom is 0.213 e. The summed E-state index contributed by atoms with van der Waals surface area (Å²) in [5.41, 5.74) is 2.56. The van der Waals surface area contributed by atoms with Gasteiger partial charge in [0.1, 0.15) is 0 Å². The number of aromatic nitrogens is 1. The second kappa shape index (κ2) is 9.22. The number of pyridine rings is 1. The number of aliphatic imine (C=N–C) groups is 1. The van der Waals surface area contributed by atoms with Crippen molar-refractivity contribution in [1.82, 2.24) is 15.2 Å². The van der Waals surface area contributed by atoms with E-state index in [-0.39, 0.29) is 0 Å². The predicted octanol–water partition coefficient (Wildman–Crippen LogP) is 3.12. The van der Waals surface area contributed by atoms with Crippen molar-refractivity contribution in [1.29, 1.82) is 0 Å². The lowest BCUT2D eigenvalue weighted by molar-refractivity contribution is 0.326. The highest BCUT2D eigenvalue weighted by Gasteiger charge is 2.24. The highest BCUT2D eigenvalue weighted by atomic mass is 16.5. The fourth-order valence-electron chi connectivity index (χ4n) is 3.44. The average Bonchev–Trinajstić information content (AvgIpc) is 3.12. The number of nitrogens with one attached hydrogen (secondary N) is 1. The number of hydrogen-bond acceptors (Lipinski definition) is 3. The third kappa shape index (κ3) is 4.97. The molecule has 1 aliphatic heterocycles. The lowest BCUT2D eigenvalue weighted by atomic mass is 9.99. The van der Waals surface area contributed by atoms with E-state index in [1.165, 1.54) is 12.0 Å². The first kappa shape index (κ1) is 18.2. The number of benzene rings is 1. The van der Waals surface area contributed by atoms with Gasteiger partial charge in [0.15, 0.2) is 5.96 Å². The molecule has 0 spiro atoms. The van der Waals surface area contributed by atoms with Crippen molar-refractivity contribution in [3.8, 4) is 5.88 Å². The molecule has 0 bridgehead atoms. The molecular weight excluding hydrogens is 324 g/mol. The van der Waals surface area contributed by atoms with Gasteiger partial charge in [-0.25, -0.2) is 4.98 Å². The first-order chi connectivity index (χ1) is 12.8. The van der Waals surface area contributed by atoms with E-state index in [9.17, 15) is 0 Å². The fourth-order valence-corrected chi connectivity index (χ4v) is 3.44. The van der Waals surface area contributed by atoms with Gasteiger partial charge in [-0.3, -0.25) is 4.99 Å². The van der Waals surface area contributed by atoms with Crippen LogP contribution in [0.1, 0.15) is 24.5 Å². The van der Waals surface area contributed by atoms with Crippen molar-refractivity contribution in [3.05, 3.63) is 59.8 Å². The minimum absolute atomic E-state index is 0.627. The van der Waals surface area contributed by atoms with Gasteiger partial charge in [-0.2, -0.15) is 0 Å². The van der Waals surface area contributed by atoms with Gasteiger partial charge in [-0.05, 0) is 42.9 Å². The van der Waals surface area contributed by atoms with Crippen LogP contribution in [-0.4, -0.2) is 42.6 Å². The maximum atomic E-state index is 5.47. The van der Waals surface area contributed by atoms with Crippen molar-refractivity contribution < 1.29 is 4.74 Å². The molecule has 5 nitrogen and oxygen atoms in total. The molecular formula is C21H28N4O. The van der Waals surface area contributed by atoms with E-state index in [1.807, 2.05) is 26.1 Å². The molecule has 1 aromatic carbocycles. The zero-order valence-corrected chi connectivity index (χ0v) is 15.7. The molecule has 1 aliphatic rings. The monoisotopic (exact) mass is 352 g/mol. The van der Waals surface area contributed by atoms with Crippen molar-refractivity contribution in [2.45, 2.75) is 26.3 Å². The number of rotatable bonds is 6. The minimum atomic E-state index is 0.627. The van der Waals surface area contributed by atoms with Gasteiger partial charge in [-0.1, -0.05) is 30.3 Å².